The minimum Gasteiger partial charge on any atom is -0.461 e. The highest BCUT2D eigenvalue weighted by Crippen LogP contribution is 2.03. The summed E-state index contributed by atoms with van der Waals surface area (Å²) in [6.07, 6.45) is 0. The second-order valence-electron chi connectivity index (χ2n) is 2.69. The number of hydrogen-bond acceptors (Lipinski definition) is 4. The Morgan fingerprint density at radius 1 is 1.40 bits per heavy atom. The predicted molar refractivity (Wildman–Crippen MR) is 58.3 cm³/mol. The third-order valence-electron chi connectivity index (χ3n) is 1.64. The van der Waals surface area contributed by atoms with Crippen molar-refractivity contribution in [1.29, 1.82) is 0 Å². The number of aromatic nitrogens is 1. The largest absolute Gasteiger partial charge is 0.461 e. The highest BCUT2D eigenvalue weighted by atomic mass is 79.9. The molecule has 0 N–H and O–H groups in total. The molecule has 15 heavy (non-hydrogen) atoms. The maximum Gasteiger partial charge on any atom is 0.356 e. The van der Waals surface area contributed by atoms with Gasteiger partial charge in [-0.25, -0.2) is 9.78 Å². The van der Waals surface area contributed by atoms with E-state index in [9.17, 15) is 9.59 Å². The molecule has 0 fully saturated rings. The van der Waals surface area contributed by atoms with Crippen molar-refractivity contribution in [1.82, 2.24) is 4.98 Å². The molecule has 0 spiro atoms. The zero-order valence-corrected chi connectivity index (χ0v) is 9.78. The van der Waals surface area contributed by atoms with Crippen molar-refractivity contribution in [2.24, 2.45) is 0 Å². The number of ketones is 1. The Labute approximate surface area is 95.8 Å². The van der Waals surface area contributed by atoms with Crippen LogP contribution in [0.15, 0.2) is 18.2 Å². The van der Waals surface area contributed by atoms with Gasteiger partial charge in [-0.3, -0.25) is 4.79 Å². The van der Waals surface area contributed by atoms with Crippen molar-refractivity contribution in [2.45, 2.75) is 6.92 Å². The van der Waals surface area contributed by atoms with Crippen molar-refractivity contribution in [2.75, 3.05) is 11.9 Å². The van der Waals surface area contributed by atoms with Crippen LogP contribution in [-0.4, -0.2) is 28.7 Å². The highest BCUT2D eigenvalue weighted by molar-refractivity contribution is 9.09. The Balaban J connectivity index is 2.92. The summed E-state index contributed by atoms with van der Waals surface area (Å²) in [6, 6.07) is 4.68. The number of pyridine rings is 1. The van der Waals surface area contributed by atoms with E-state index in [4.69, 9.17) is 4.74 Å². The molecule has 0 aromatic carbocycles. The molecular formula is C10H10BrNO3. The lowest BCUT2D eigenvalue weighted by Gasteiger charge is -2.02. The van der Waals surface area contributed by atoms with E-state index in [-0.39, 0.29) is 29.1 Å². The number of Topliss-reactive ketones (excluding diaryl/α,β-unsaturated/α-hetero) is 1. The van der Waals surface area contributed by atoms with Crippen molar-refractivity contribution < 1.29 is 14.3 Å². The second kappa shape index (κ2) is 5.60. The monoisotopic (exact) mass is 271 g/mol. The SMILES string of the molecule is CCOC(=O)c1cccc(C(=O)CBr)n1. The first-order valence-corrected chi connectivity index (χ1v) is 5.54. The number of halogens is 1. The first-order valence-electron chi connectivity index (χ1n) is 4.42. The van der Waals surface area contributed by atoms with Gasteiger partial charge in [0.2, 0.25) is 0 Å². The van der Waals surface area contributed by atoms with Crippen LogP contribution < -0.4 is 0 Å². The standard InChI is InChI=1S/C10H10BrNO3/c1-2-15-10(14)8-5-3-4-7(12-8)9(13)6-11/h3-5H,2,6H2,1H3. The van der Waals surface area contributed by atoms with Crippen molar-refractivity contribution in [3.63, 3.8) is 0 Å². The molecule has 0 radical (unpaired) electrons. The third-order valence-corrected chi connectivity index (χ3v) is 2.15. The van der Waals surface area contributed by atoms with Gasteiger partial charge in [0.25, 0.3) is 0 Å². The molecule has 0 aliphatic heterocycles. The van der Waals surface area contributed by atoms with Gasteiger partial charge in [-0.05, 0) is 19.1 Å². The normalized spacial score (nSPS) is 9.73. The summed E-state index contributed by atoms with van der Waals surface area (Å²) in [7, 11) is 0. The molecule has 0 aliphatic carbocycles. The lowest BCUT2D eigenvalue weighted by Crippen LogP contribution is -2.11. The van der Waals surface area contributed by atoms with Crippen molar-refractivity contribution >= 4 is 27.7 Å². The van der Waals surface area contributed by atoms with E-state index in [1.54, 1.807) is 19.1 Å². The topological polar surface area (TPSA) is 56.3 Å². The van der Waals surface area contributed by atoms with E-state index < -0.39 is 5.97 Å². The van der Waals surface area contributed by atoms with Crippen LogP contribution in [0.3, 0.4) is 0 Å². The summed E-state index contributed by atoms with van der Waals surface area (Å²) in [5, 5.41) is 0.187. The number of esters is 1. The van der Waals surface area contributed by atoms with Gasteiger partial charge in [-0.15, -0.1) is 0 Å². The molecule has 0 saturated heterocycles. The maximum absolute atomic E-state index is 11.3. The lowest BCUT2D eigenvalue weighted by atomic mass is 10.2. The molecule has 80 valence electrons. The first kappa shape index (κ1) is 11.8. The Kier molecular flexibility index (Phi) is 4.42. The van der Waals surface area contributed by atoms with Crippen LogP contribution >= 0.6 is 15.9 Å². The summed E-state index contributed by atoms with van der Waals surface area (Å²) >= 11 is 3.04. The van der Waals surface area contributed by atoms with Crippen LogP contribution in [0.2, 0.25) is 0 Å². The average molecular weight is 272 g/mol. The molecule has 0 bridgehead atoms. The Hall–Kier alpha value is -1.23. The van der Waals surface area contributed by atoms with Crippen LogP contribution in [0, 0.1) is 0 Å². The number of ether oxygens (including phenoxy) is 1. The van der Waals surface area contributed by atoms with E-state index >= 15 is 0 Å². The fourth-order valence-corrected chi connectivity index (χ4v) is 1.26. The summed E-state index contributed by atoms with van der Waals surface area (Å²) in [5.41, 5.74) is 0.418. The van der Waals surface area contributed by atoms with Crippen LogP contribution in [0.1, 0.15) is 27.9 Å². The number of hydrogen-bond donors (Lipinski definition) is 0. The van der Waals surface area contributed by atoms with E-state index in [1.165, 1.54) is 6.07 Å². The van der Waals surface area contributed by atoms with Gasteiger partial charge in [0.15, 0.2) is 5.78 Å². The van der Waals surface area contributed by atoms with Gasteiger partial charge in [0.1, 0.15) is 11.4 Å². The van der Waals surface area contributed by atoms with Gasteiger partial charge in [0, 0.05) is 0 Å². The van der Waals surface area contributed by atoms with Crippen LogP contribution in [0.25, 0.3) is 0 Å². The van der Waals surface area contributed by atoms with Gasteiger partial charge < -0.3 is 4.74 Å². The van der Waals surface area contributed by atoms with E-state index in [0.717, 1.165) is 0 Å². The number of carbonyl (C=O) groups is 2. The molecular weight excluding hydrogens is 262 g/mol. The quantitative estimate of drug-likeness (QED) is 0.476. The number of nitrogens with zero attached hydrogens (tertiary/aromatic N) is 1. The number of carbonyl (C=O) groups excluding carboxylic acids is 2. The molecule has 0 unspecified atom stereocenters. The Morgan fingerprint density at radius 3 is 2.67 bits per heavy atom. The molecule has 0 aliphatic rings. The molecule has 5 heteroatoms. The Morgan fingerprint density at radius 2 is 2.07 bits per heavy atom. The molecule has 4 nitrogen and oxygen atoms in total. The maximum atomic E-state index is 11.3. The van der Waals surface area contributed by atoms with Gasteiger partial charge in [0.05, 0.1) is 11.9 Å². The van der Waals surface area contributed by atoms with Crippen LogP contribution in [-0.2, 0) is 4.74 Å². The van der Waals surface area contributed by atoms with E-state index in [1.807, 2.05) is 0 Å². The van der Waals surface area contributed by atoms with Crippen molar-refractivity contribution in [3.05, 3.63) is 29.6 Å². The zero-order valence-electron chi connectivity index (χ0n) is 8.20. The summed E-state index contributed by atoms with van der Waals surface area (Å²) in [4.78, 5) is 26.5. The molecule has 1 aromatic rings. The summed E-state index contributed by atoms with van der Waals surface area (Å²) < 4.78 is 4.77. The van der Waals surface area contributed by atoms with Gasteiger partial charge in [-0.1, -0.05) is 22.0 Å². The van der Waals surface area contributed by atoms with Gasteiger partial charge in [-0.2, -0.15) is 0 Å². The van der Waals surface area contributed by atoms with Crippen molar-refractivity contribution in [3.8, 4) is 0 Å². The second-order valence-corrected chi connectivity index (χ2v) is 3.25. The third kappa shape index (κ3) is 3.13. The molecule has 0 atom stereocenters. The smallest absolute Gasteiger partial charge is 0.356 e. The zero-order chi connectivity index (χ0) is 11.3. The summed E-state index contributed by atoms with van der Waals surface area (Å²) in [5.74, 6) is -0.678. The Bertz CT molecular complexity index is 379. The first-order chi connectivity index (χ1) is 7.19. The minimum absolute atomic E-state index is 0.156. The number of alkyl halides is 1. The lowest BCUT2D eigenvalue weighted by molar-refractivity contribution is 0.0519. The molecule has 0 saturated carbocycles. The average Bonchev–Trinajstić information content (AvgIpc) is 2.28. The predicted octanol–water partition coefficient (Wildman–Crippen LogP) is 1.84. The number of rotatable bonds is 4. The van der Waals surface area contributed by atoms with E-state index in [0.29, 0.717) is 0 Å². The highest BCUT2D eigenvalue weighted by Gasteiger charge is 2.11. The van der Waals surface area contributed by atoms with Crippen LogP contribution in [0.4, 0.5) is 0 Å². The molecule has 1 aromatic heterocycles. The minimum atomic E-state index is -0.512. The van der Waals surface area contributed by atoms with E-state index in [2.05, 4.69) is 20.9 Å². The van der Waals surface area contributed by atoms with Crippen LogP contribution in [0.5, 0.6) is 0 Å². The molecule has 0 amide bonds. The fourth-order valence-electron chi connectivity index (χ4n) is 0.977. The summed E-state index contributed by atoms with van der Waals surface area (Å²) in [6.45, 7) is 2.00. The van der Waals surface area contributed by atoms with Gasteiger partial charge >= 0.3 is 5.97 Å². The molecule has 1 rings (SSSR count). The molecule has 1 heterocycles. The fraction of sp³-hybridized carbons (Fsp3) is 0.300.